The Kier molecular flexibility index (Phi) is 11.0. The van der Waals surface area contributed by atoms with E-state index in [1.165, 1.54) is 0 Å². The summed E-state index contributed by atoms with van der Waals surface area (Å²) in [6.45, 7) is 1.26. The van der Waals surface area contributed by atoms with E-state index in [-0.39, 0.29) is 19.5 Å². The van der Waals surface area contributed by atoms with Gasteiger partial charge in [0.05, 0.1) is 23.8 Å². The van der Waals surface area contributed by atoms with Crippen LogP contribution in [0, 0.1) is 11.8 Å². The smallest absolute Gasteiger partial charge is 0.549 e. The zero-order chi connectivity index (χ0) is 18.5. The van der Waals surface area contributed by atoms with Gasteiger partial charge in [-0.3, -0.25) is 9.59 Å². The molecule has 0 radical (unpaired) electrons. The van der Waals surface area contributed by atoms with Gasteiger partial charge in [-0.2, -0.15) is 26.3 Å². The molecule has 0 bridgehead atoms. The monoisotopic (exact) mass is 402 g/mol. The van der Waals surface area contributed by atoms with E-state index in [9.17, 15) is 55.7 Å². The number of alkyl halides is 6. The van der Waals surface area contributed by atoms with Crippen molar-refractivity contribution in [1.29, 1.82) is 0 Å². The Balaban J connectivity index is -0.000000333. The predicted octanol–water partition coefficient (Wildman–Crippen LogP) is -0.995. The maximum atomic E-state index is 11.4. The van der Waals surface area contributed by atoms with Crippen LogP contribution < -0.4 is 10.2 Å². The van der Waals surface area contributed by atoms with Gasteiger partial charge in [0.15, 0.2) is 0 Å². The fourth-order valence-electron chi connectivity index (χ4n) is 0.705. The molecule has 2 unspecified atom stereocenters. The molecule has 6 nitrogen and oxygen atoms in total. The van der Waals surface area contributed by atoms with Gasteiger partial charge < -0.3 is 19.8 Å². The van der Waals surface area contributed by atoms with Crippen molar-refractivity contribution in [3.8, 4) is 0 Å². The number of halogens is 6. The summed E-state index contributed by atoms with van der Waals surface area (Å²) in [5.74, 6) is -12.9. The number of carboxylic acid groups (broad SMARTS) is 2. The topological polar surface area (TPSA) is 114 Å². The van der Waals surface area contributed by atoms with Crippen molar-refractivity contribution < 1.29 is 75.2 Å². The molecule has 0 rings (SSSR count). The molecular formula is C10H8F6O6Zn. The molecule has 23 heavy (non-hydrogen) atoms. The number of hydrogen-bond acceptors (Lipinski definition) is 6. The van der Waals surface area contributed by atoms with Gasteiger partial charge in [0.2, 0.25) is 11.6 Å². The Morgan fingerprint density at radius 3 is 0.913 bits per heavy atom. The minimum Gasteiger partial charge on any atom is -0.549 e. The summed E-state index contributed by atoms with van der Waals surface area (Å²) in [6.07, 6.45) is -10.2. The fourth-order valence-corrected chi connectivity index (χ4v) is 0.705. The average molecular weight is 404 g/mol. The van der Waals surface area contributed by atoms with Crippen molar-refractivity contribution in [3.05, 3.63) is 0 Å². The van der Waals surface area contributed by atoms with Gasteiger partial charge in [-0.1, -0.05) is 0 Å². The van der Waals surface area contributed by atoms with E-state index in [2.05, 4.69) is 0 Å². The van der Waals surface area contributed by atoms with Crippen LogP contribution in [0.5, 0.6) is 0 Å². The van der Waals surface area contributed by atoms with Crippen LogP contribution in [0.25, 0.3) is 0 Å². The molecule has 0 heterocycles. The number of aliphatic carboxylic acids is 2. The van der Waals surface area contributed by atoms with Crippen LogP contribution >= 0.6 is 0 Å². The molecule has 0 amide bonds. The summed E-state index contributed by atoms with van der Waals surface area (Å²) in [5, 5.41) is 19.5. The van der Waals surface area contributed by atoms with Gasteiger partial charge in [0.25, 0.3) is 0 Å². The Labute approximate surface area is 137 Å². The van der Waals surface area contributed by atoms with E-state index >= 15 is 0 Å². The average Bonchev–Trinajstić information content (AvgIpc) is 2.33. The van der Waals surface area contributed by atoms with Gasteiger partial charge in [-0.15, -0.1) is 0 Å². The molecular weight excluding hydrogens is 395 g/mol. The van der Waals surface area contributed by atoms with Gasteiger partial charge in [-0.05, 0) is 13.8 Å². The Hall–Kier alpha value is -1.52. The molecule has 0 aromatic rings. The Morgan fingerprint density at radius 2 is 0.870 bits per heavy atom. The minimum atomic E-state index is -5.10. The summed E-state index contributed by atoms with van der Waals surface area (Å²) < 4.78 is 68.5. The van der Waals surface area contributed by atoms with Crippen molar-refractivity contribution in [3.63, 3.8) is 0 Å². The van der Waals surface area contributed by atoms with E-state index in [4.69, 9.17) is 0 Å². The summed E-state index contributed by atoms with van der Waals surface area (Å²) >= 11 is 0. The minimum absolute atomic E-state index is 0. The largest absolute Gasteiger partial charge is 2.00 e. The predicted molar refractivity (Wildman–Crippen MR) is 50.5 cm³/mol. The summed E-state index contributed by atoms with van der Waals surface area (Å²) in [5.41, 5.74) is 0. The first-order valence-electron chi connectivity index (χ1n) is 5.17. The second-order valence-corrected chi connectivity index (χ2v) is 3.81. The number of Topliss-reactive ketones (excluding diaryl/α,β-unsaturated/α-hetero) is 2. The molecule has 0 saturated heterocycles. The molecule has 0 aromatic heterocycles. The maximum Gasteiger partial charge on any atom is 2.00 e. The van der Waals surface area contributed by atoms with Crippen LogP contribution in [0.4, 0.5) is 26.3 Å². The Morgan fingerprint density at radius 1 is 0.696 bits per heavy atom. The van der Waals surface area contributed by atoms with Gasteiger partial charge in [0, 0.05) is 0 Å². The normalized spacial score (nSPS) is 13.6. The van der Waals surface area contributed by atoms with E-state index in [1.54, 1.807) is 0 Å². The molecule has 0 saturated carbocycles. The van der Waals surface area contributed by atoms with Crippen LogP contribution in [-0.2, 0) is 38.7 Å². The quantitative estimate of drug-likeness (QED) is 0.338. The van der Waals surface area contributed by atoms with E-state index < -0.39 is 47.7 Å². The molecule has 13 heteroatoms. The SMILES string of the molecule is CC(C(=O)[O-])C(=O)C(F)(F)F.CC(C(=O)[O-])C(=O)C(F)(F)F.[Zn+2]. The third-order valence-corrected chi connectivity index (χ3v) is 2.05. The standard InChI is InChI=1S/2C5H5F3O3.Zn/c2*1-2(4(10)11)3(9)5(6,7)8;/h2*2H,1H3,(H,10,11);/q;;+2/p-2. The van der Waals surface area contributed by atoms with Crippen LogP contribution in [0.2, 0.25) is 0 Å². The number of carboxylic acids is 2. The number of carbonyl (C=O) groups is 4. The van der Waals surface area contributed by atoms with Crippen LogP contribution in [0.15, 0.2) is 0 Å². The zero-order valence-corrected chi connectivity index (χ0v) is 14.5. The molecule has 0 N–H and O–H groups in total. The zero-order valence-electron chi connectivity index (χ0n) is 11.6. The fraction of sp³-hybridized carbons (Fsp3) is 0.600. The van der Waals surface area contributed by atoms with E-state index in [0.29, 0.717) is 13.8 Å². The number of ketones is 2. The first kappa shape index (κ1) is 26.4. The third-order valence-electron chi connectivity index (χ3n) is 2.05. The van der Waals surface area contributed by atoms with Crippen molar-refractivity contribution >= 4 is 23.5 Å². The van der Waals surface area contributed by atoms with Crippen molar-refractivity contribution in [2.75, 3.05) is 0 Å². The van der Waals surface area contributed by atoms with Crippen molar-refractivity contribution in [2.45, 2.75) is 26.2 Å². The molecule has 0 aliphatic heterocycles. The van der Waals surface area contributed by atoms with E-state index in [1.807, 2.05) is 0 Å². The third kappa shape index (κ3) is 9.98. The second kappa shape index (κ2) is 9.58. The number of hydrogen-bond donors (Lipinski definition) is 0. The second-order valence-electron chi connectivity index (χ2n) is 3.81. The van der Waals surface area contributed by atoms with Crippen LogP contribution in [-0.4, -0.2) is 35.9 Å². The number of rotatable bonds is 4. The van der Waals surface area contributed by atoms with Gasteiger partial charge in [-0.25, -0.2) is 0 Å². The molecule has 0 spiro atoms. The molecule has 0 aliphatic carbocycles. The summed E-state index contributed by atoms with van der Waals surface area (Å²) in [4.78, 5) is 39.6. The summed E-state index contributed by atoms with van der Waals surface area (Å²) in [7, 11) is 0. The van der Waals surface area contributed by atoms with Crippen molar-refractivity contribution in [2.24, 2.45) is 11.8 Å². The molecule has 0 aliphatic rings. The maximum absolute atomic E-state index is 11.4. The van der Waals surface area contributed by atoms with Gasteiger partial charge in [0.1, 0.15) is 0 Å². The Bertz CT molecular complexity index is 416. The van der Waals surface area contributed by atoms with Crippen LogP contribution in [0.1, 0.15) is 13.8 Å². The molecule has 0 fully saturated rings. The van der Waals surface area contributed by atoms with Crippen LogP contribution in [0.3, 0.4) is 0 Å². The van der Waals surface area contributed by atoms with Crippen molar-refractivity contribution in [1.82, 2.24) is 0 Å². The summed E-state index contributed by atoms with van der Waals surface area (Å²) in [6, 6.07) is 0. The van der Waals surface area contributed by atoms with E-state index in [0.717, 1.165) is 0 Å². The van der Waals surface area contributed by atoms with Gasteiger partial charge >= 0.3 is 31.8 Å². The first-order valence-corrected chi connectivity index (χ1v) is 5.17. The molecule has 128 valence electrons. The molecule has 0 aromatic carbocycles. The molecule has 2 atom stereocenters. The first-order chi connectivity index (χ1) is 9.53. The number of carbonyl (C=O) groups excluding carboxylic acids is 4.